The van der Waals surface area contributed by atoms with Crippen LogP contribution < -0.4 is 4.90 Å². The number of rotatable bonds is 5. The van der Waals surface area contributed by atoms with E-state index in [1.807, 2.05) is 6.92 Å². The van der Waals surface area contributed by atoms with E-state index in [9.17, 15) is 14.4 Å². The van der Waals surface area contributed by atoms with Crippen LogP contribution in [0.5, 0.6) is 0 Å². The number of esters is 1. The van der Waals surface area contributed by atoms with Crippen molar-refractivity contribution in [2.24, 2.45) is 0 Å². The first-order chi connectivity index (χ1) is 14.8. The molecule has 2 heterocycles. The third-order valence-corrected chi connectivity index (χ3v) is 6.90. The van der Waals surface area contributed by atoms with E-state index in [-0.39, 0.29) is 18.2 Å². The van der Waals surface area contributed by atoms with Crippen LogP contribution in [0, 0.1) is 6.92 Å². The monoisotopic (exact) mass is 458 g/mol. The molecule has 6 nitrogen and oxygen atoms in total. The number of imide groups is 1. The number of amides is 2. The van der Waals surface area contributed by atoms with Crippen molar-refractivity contribution in [1.29, 1.82) is 0 Å². The summed E-state index contributed by atoms with van der Waals surface area (Å²) in [4.78, 5) is 40.9. The SMILES string of the molecule is Cc1cc2c(cc1/C=C1/SC(=O)N(CC(=O)OC(C)C)C1=O)[C@H](C)CC(C)(C)N2C(C)C. The fraction of sp³-hybridized carbons (Fsp3) is 0.560. The zero-order valence-electron chi connectivity index (χ0n) is 20.3. The van der Waals surface area contributed by atoms with Gasteiger partial charge in [0.15, 0.2) is 0 Å². The lowest BCUT2D eigenvalue weighted by molar-refractivity contribution is -0.149. The smallest absolute Gasteiger partial charge is 0.326 e. The number of thioether (sulfide) groups is 1. The molecule has 1 saturated heterocycles. The molecule has 0 unspecified atom stereocenters. The van der Waals surface area contributed by atoms with Crippen molar-refractivity contribution in [2.75, 3.05) is 11.4 Å². The van der Waals surface area contributed by atoms with Gasteiger partial charge in [-0.1, -0.05) is 6.92 Å². The Morgan fingerprint density at radius 2 is 1.91 bits per heavy atom. The average Bonchev–Trinajstić information content (AvgIpc) is 2.88. The maximum Gasteiger partial charge on any atom is 0.326 e. The first-order valence-corrected chi connectivity index (χ1v) is 12.0. The number of ether oxygens (including phenoxy) is 1. The van der Waals surface area contributed by atoms with Crippen molar-refractivity contribution < 1.29 is 19.1 Å². The van der Waals surface area contributed by atoms with Crippen molar-refractivity contribution in [1.82, 2.24) is 4.90 Å². The molecule has 0 aliphatic carbocycles. The topological polar surface area (TPSA) is 66.9 Å². The maximum absolute atomic E-state index is 12.8. The van der Waals surface area contributed by atoms with E-state index >= 15 is 0 Å². The summed E-state index contributed by atoms with van der Waals surface area (Å²) < 4.78 is 5.08. The number of hydrogen-bond acceptors (Lipinski definition) is 6. The molecule has 0 saturated carbocycles. The second-order valence-corrected chi connectivity index (χ2v) is 10.9. The summed E-state index contributed by atoms with van der Waals surface area (Å²) in [6, 6.07) is 4.72. The zero-order valence-corrected chi connectivity index (χ0v) is 21.1. The standard InChI is InChI=1S/C25H34N2O4S/c1-14(2)27-20-9-16(5)18(10-19(20)17(6)12-25(27,7)8)11-21-23(29)26(24(30)32-21)13-22(28)31-15(3)4/h9-11,14-15,17H,12-13H2,1-8H3/b21-11+/t17-/m1/s1. The van der Waals surface area contributed by atoms with Gasteiger partial charge in [0.2, 0.25) is 0 Å². The number of anilines is 1. The van der Waals surface area contributed by atoms with Crippen LogP contribution in [0.25, 0.3) is 6.08 Å². The normalized spacial score (nSPS) is 21.7. The molecule has 0 radical (unpaired) electrons. The van der Waals surface area contributed by atoms with Crippen LogP contribution in [0.2, 0.25) is 0 Å². The van der Waals surface area contributed by atoms with Crippen LogP contribution >= 0.6 is 11.8 Å². The Morgan fingerprint density at radius 1 is 1.25 bits per heavy atom. The number of aryl methyl sites for hydroxylation is 1. The Balaban J connectivity index is 1.93. The summed E-state index contributed by atoms with van der Waals surface area (Å²) in [6.45, 7) is 16.4. The molecule has 1 atom stereocenters. The fourth-order valence-electron chi connectivity index (χ4n) is 4.95. The molecular weight excluding hydrogens is 424 g/mol. The summed E-state index contributed by atoms with van der Waals surface area (Å²) in [5.74, 6) is -0.654. The Labute approximate surface area is 195 Å². The van der Waals surface area contributed by atoms with Gasteiger partial charge in [0.1, 0.15) is 6.54 Å². The quantitative estimate of drug-likeness (QED) is 0.430. The van der Waals surface area contributed by atoms with Gasteiger partial charge in [-0.15, -0.1) is 0 Å². The number of carbonyl (C=O) groups excluding carboxylic acids is 3. The van der Waals surface area contributed by atoms with E-state index in [4.69, 9.17) is 4.74 Å². The van der Waals surface area contributed by atoms with Crippen LogP contribution in [-0.2, 0) is 14.3 Å². The van der Waals surface area contributed by atoms with E-state index in [0.717, 1.165) is 34.2 Å². The van der Waals surface area contributed by atoms with Crippen LogP contribution in [0.15, 0.2) is 17.0 Å². The van der Waals surface area contributed by atoms with Crippen LogP contribution in [0.3, 0.4) is 0 Å². The number of nitrogens with zero attached hydrogens (tertiary/aromatic N) is 2. The maximum atomic E-state index is 12.8. The molecule has 0 bridgehead atoms. The summed E-state index contributed by atoms with van der Waals surface area (Å²) in [7, 11) is 0. The number of hydrogen-bond donors (Lipinski definition) is 0. The Bertz CT molecular complexity index is 980. The molecule has 1 fully saturated rings. The van der Waals surface area contributed by atoms with Crippen molar-refractivity contribution in [3.8, 4) is 0 Å². The minimum absolute atomic E-state index is 0.0573. The second kappa shape index (κ2) is 8.93. The highest BCUT2D eigenvalue weighted by Crippen LogP contribution is 2.46. The summed E-state index contributed by atoms with van der Waals surface area (Å²) >= 11 is 0.870. The lowest BCUT2D eigenvalue weighted by Gasteiger charge is -2.50. The van der Waals surface area contributed by atoms with Crippen LogP contribution in [0.4, 0.5) is 10.5 Å². The van der Waals surface area contributed by atoms with Crippen molar-refractivity contribution in [2.45, 2.75) is 85.4 Å². The first kappa shape index (κ1) is 24.4. The molecule has 0 aromatic heterocycles. The van der Waals surface area contributed by atoms with E-state index in [2.05, 4.69) is 51.7 Å². The first-order valence-electron chi connectivity index (χ1n) is 11.2. The third-order valence-electron chi connectivity index (χ3n) is 5.99. The summed E-state index contributed by atoms with van der Waals surface area (Å²) in [5.41, 5.74) is 4.53. The minimum Gasteiger partial charge on any atom is -0.462 e. The molecule has 1 aromatic rings. The van der Waals surface area contributed by atoms with Gasteiger partial charge in [-0.2, -0.15) is 0 Å². The molecule has 3 rings (SSSR count). The molecule has 32 heavy (non-hydrogen) atoms. The van der Waals surface area contributed by atoms with E-state index in [1.165, 1.54) is 11.3 Å². The molecule has 2 aliphatic heterocycles. The highest BCUT2D eigenvalue weighted by atomic mass is 32.2. The Kier molecular flexibility index (Phi) is 6.80. The average molecular weight is 459 g/mol. The molecule has 2 amide bonds. The summed E-state index contributed by atoms with van der Waals surface area (Å²) in [5, 5.41) is -0.446. The Morgan fingerprint density at radius 3 is 2.50 bits per heavy atom. The van der Waals surface area contributed by atoms with Crippen LogP contribution in [-0.4, -0.2) is 46.2 Å². The third kappa shape index (κ3) is 4.72. The van der Waals surface area contributed by atoms with Gasteiger partial charge in [0.25, 0.3) is 11.1 Å². The van der Waals surface area contributed by atoms with Crippen molar-refractivity contribution >= 4 is 40.6 Å². The zero-order chi connectivity index (χ0) is 24.0. The highest BCUT2D eigenvalue weighted by molar-refractivity contribution is 8.18. The second-order valence-electron chi connectivity index (χ2n) is 9.96. The van der Waals surface area contributed by atoms with E-state index in [1.54, 1.807) is 19.9 Å². The van der Waals surface area contributed by atoms with Gasteiger partial charge in [0, 0.05) is 17.3 Å². The minimum atomic E-state index is -0.585. The molecule has 0 spiro atoms. The lowest BCUT2D eigenvalue weighted by atomic mass is 9.78. The number of fused-ring (bicyclic) bond motifs is 1. The largest absolute Gasteiger partial charge is 0.462 e. The Hall–Kier alpha value is -2.28. The fourth-order valence-corrected chi connectivity index (χ4v) is 5.78. The molecular formula is C25H34N2O4S. The van der Waals surface area contributed by atoms with Gasteiger partial charge >= 0.3 is 5.97 Å². The highest BCUT2D eigenvalue weighted by Gasteiger charge is 2.39. The molecule has 2 aliphatic rings. The van der Waals surface area contributed by atoms with Crippen LogP contribution in [0.1, 0.15) is 77.5 Å². The van der Waals surface area contributed by atoms with Crippen molar-refractivity contribution in [3.05, 3.63) is 33.7 Å². The van der Waals surface area contributed by atoms with Gasteiger partial charge in [-0.3, -0.25) is 19.3 Å². The molecule has 174 valence electrons. The molecule has 7 heteroatoms. The van der Waals surface area contributed by atoms with Gasteiger partial charge < -0.3 is 9.64 Å². The molecule has 1 aromatic carbocycles. The van der Waals surface area contributed by atoms with Gasteiger partial charge in [-0.25, -0.2) is 0 Å². The predicted molar refractivity (Wildman–Crippen MR) is 130 cm³/mol. The number of benzene rings is 1. The van der Waals surface area contributed by atoms with Gasteiger partial charge in [-0.05, 0) is 107 Å². The van der Waals surface area contributed by atoms with E-state index < -0.39 is 17.1 Å². The van der Waals surface area contributed by atoms with Gasteiger partial charge in [0.05, 0.1) is 11.0 Å². The lowest BCUT2D eigenvalue weighted by Crippen LogP contribution is -2.51. The van der Waals surface area contributed by atoms with E-state index in [0.29, 0.717) is 16.9 Å². The number of carbonyl (C=O) groups is 3. The molecule has 0 N–H and O–H groups in total. The predicted octanol–water partition coefficient (Wildman–Crippen LogP) is 5.48. The summed E-state index contributed by atoms with van der Waals surface area (Å²) in [6.07, 6.45) is 2.52. The van der Waals surface area contributed by atoms with Crippen molar-refractivity contribution in [3.63, 3.8) is 0 Å².